The van der Waals surface area contributed by atoms with Gasteiger partial charge in [-0.05, 0) is 31.9 Å². The lowest BCUT2D eigenvalue weighted by atomic mass is 9.97. The van der Waals surface area contributed by atoms with E-state index in [1.807, 2.05) is 0 Å². The number of pyridine rings is 1. The van der Waals surface area contributed by atoms with Crippen LogP contribution in [-0.4, -0.2) is 51.8 Å². The lowest BCUT2D eigenvalue weighted by Gasteiger charge is -2.31. The number of rotatable bonds is 4. The molecule has 0 aliphatic carbocycles. The minimum Gasteiger partial charge on any atom is -0.482 e. The maximum absolute atomic E-state index is 12.8. The maximum Gasteiger partial charge on any atom is 0.422 e. The molecule has 1 aliphatic rings. The number of likely N-dealkylation sites (tertiary alicyclic amines) is 1. The van der Waals surface area contributed by atoms with Gasteiger partial charge in [-0.25, -0.2) is 4.98 Å². The Kier molecular flexibility index (Phi) is 5.10. The Labute approximate surface area is 147 Å². The highest BCUT2D eigenvalue weighted by Gasteiger charge is 2.32. The van der Waals surface area contributed by atoms with E-state index in [1.165, 1.54) is 23.2 Å². The van der Waals surface area contributed by atoms with Crippen molar-refractivity contribution < 1.29 is 27.2 Å². The van der Waals surface area contributed by atoms with Crippen LogP contribution in [0.2, 0.25) is 0 Å². The third-order valence-corrected chi connectivity index (χ3v) is 3.97. The minimum absolute atomic E-state index is 0.114. The zero-order chi connectivity index (χ0) is 18.7. The zero-order valence-electron chi connectivity index (χ0n) is 14.0. The van der Waals surface area contributed by atoms with Crippen molar-refractivity contribution in [2.75, 3.05) is 19.7 Å². The molecule has 0 saturated carbocycles. The summed E-state index contributed by atoms with van der Waals surface area (Å²) in [7, 11) is 0. The second kappa shape index (κ2) is 7.30. The van der Waals surface area contributed by atoms with Gasteiger partial charge in [0, 0.05) is 19.3 Å². The summed E-state index contributed by atoms with van der Waals surface area (Å²) in [6.07, 6.45) is -1.66. The maximum atomic E-state index is 12.8. The fraction of sp³-hybridized carbons (Fsp3) is 0.500. The summed E-state index contributed by atoms with van der Waals surface area (Å²) < 4.78 is 47.1. The molecule has 10 heteroatoms. The standard InChI is InChI=1S/C16H17F3N4O3/c1-10-21-14(26-22-10)11-4-3-7-23(8-11)15(24)13-12(5-2-6-20-13)25-9-16(17,18)19/h2,5-6,11H,3-4,7-9H2,1H3. The van der Waals surface area contributed by atoms with Gasteiger partial charge in [0.05, 0.1) is 5.92 Å². The molecule has 2 aromatic heterocycles. The first-order valence-corrected chi connectivity index (χ1v) is 8.07. The van der Waals surface area contributed by atoms with E-state index in [0.717, 1.165) is 6.42 Å². The SMILES string of the molecule is Cc1noc(C2CCCN(C(=O)c3ncccc3OCC(F)(F)F)C2)n1. The van der Waals surface area contributed by atoms with Crippen LogP contribution in [0.25, 0.3) is 0 Å². The number of halogens is 3. The highest BCUT2D eigenvalue weighted by atomic mass is 19.4. The molecule has 0 spiro atoms. The molecule has 2 aromatic rings. The number of aromatic nitrogens is 3. The van der Waals surface area contributed by atoms with Crippen LogP contribution in [0, 0.1) is 6.92 Å². The van der Waals surface area contributed by atoms with Gasteiger partial charge in [0.25, 0.3) is 5.91 Å². The Balaban J connectivity index is 1.74. The highest BCUT2D eigenvalue weighted by Crippen LogP contribution is 2.28. The molecule has 3 heterocycles. The predicted octanol–water partition coefficient (Wildman–Crippen LogP) is 2.73. The number of hydrogen-bond acceptors (Lipinski definition) is 6. The van der Waals surface area contributed by atoms with E-state index < -0.39 is 18.7 Å². The van der Waals surface area contributed by atoms with E-state index in [2.05, 4.69) is 15.1 Å². The van der Waals surface area contributed by atoms with Gasteiger partial charge in [-0.3, -0.25) is 4.79 Å². The molecule has 1 aliphatic heterocycles. The molecule has 0 radical (unpaired) electrons. The van der Waals surface area contributed by atoms with Crippen molar-refractivity contribution in [1.82, 2.24) is 20.0 Å². The Morgan fingerprint density at radius 3 is 2.96 bits per heavy atom. The molecule has 1 unspecified atom stereocenters. The van der Waals surface area contributed by atoms with Crippen LogP contribution in [0.5, 0.6) is 5.75 Å². The van der Waals surface area contributed by atoms with Crippen LogP contribution in [0.3, 0.4) is 0 Å². The van der Waals surface area contributed by atoms with Crippen molar-refractivity contribution in [1.29, 1.82) is 0 Å². The van der Waals surface area contributed by atoms with Gasteiger partial charge in [0.2, 0.25) is 5.89 Å². The van der Waals surface area contributed by atoms with E-state index in [0.29, 0.717) is 31.2 Å². The molecular formula is C16H17F3N4O3. The number of nitrogens with zero attached hydrogens (tertiary/aromatic N) is 4. The third-order valence-electron chi connectivity index (χ3n) is 3.97. The Bertz CT molecular complexity index is 778. The molecule has 140 valence electrons. The first kappa shape index (κ1) is 18.2. The van der Waals surface area contributed by atoms with E-state index in [4.69, 9.17) is 9.26 Å². The lowest BCUT2D eigenvalue weighted by Crippen LogP contribution is -2.39. The Morgan fingerprint density at radius 1 is 1.46 bits per heavy atom. The summed E-state index contributed by atoms with van der Waals surface area (Å²) in [5.41, 5.74) is -0.140. The molecule has 3 rings (SSSR count). The van der Waals surface area contributed by atoms with Crippen LogP contribution in [0.1, 0.15) is 41.0 Å². The number of piperidine rings is 1. The Morgan fingerprint density at radius 2 is 2.27 bits per heavy atom. The van der Waals surface area contributed by atoms with E-state index in [-0.39, 0.29) is 17.4 Å². The monoisotopic (exact) mass is 370 g/mol. The molecule has 7 nitrogen and oxygen atoms in total. The van der Waals surface area contributed by atoms with Crippen LogP contribution >= 0.6 is 0 Å². The van der Waals surface area contributed by atoms with Gasteiger partial charge in [-0.1, -0.05) is 5.16 Å². The second-order valence-corrected chi connectivity index (χ2v) is 6.02. The lowest BCUT2D eigenvalue weighted by molar-refractivity contribution is -0.153. The van der Waals surface area contributed by atoms with E-state index in [9.17, 15) is 18.0 Å². The number of hydrogen-bond donors (Lipinski definition) is 0. The second-order valence-electron chi connectivity index (χ2n) is 6.02. The van der Waals surface area contributed by atoms with Crippen molar-refractivity contribution in [3.05, 3.63) is 35.7 Å². The molecule has 1 atom stereocenters. The molecule has 1 fully saturated rings. The average molecular weight is 370 g/mol. The molecule has 1 amide bonds. The van der Waals surface area contributed by atoms with Gasteiger partial charge >= 0.3 is 6.18 Å². The van der Waals surface area contributed by atoms with Gasteiger partial charge in [-0.15, -0.1) is 0 Å². The third kappa shape index (κ3) is 4.30. The number of alkyl halides is 3. The Hall–Kier alpha value is -2.65. The topological polar surface area (TPSA) is 81.4 Å². The van der Waals surface area contributed by atoms with Gasteiger partial charge in [0.1, 0.15) is 0 Å². The van der Waals surface area contributed by atoms with Crippen molar-refractivity contribution in [3.8, 4) is 5.75 Å². The summed E-state index contributed by atoms with van der Waals surface area (Å²) in [5, 5.41) is 3.75. The largest absolute Gasteiger partial charge is 0.482 e. The van der Waals surface area contributed by atoms with E-state index in [1.54, 1.807) is 6.92 Å². The summed E-state index contributed by atoms with van der Waals surface area (Å²) in [6, 6.07) is 2.72. The molecule has 0 N–H and O–H groups in total. The summed E-state index contributed by atoms with van der Waals surface area (Å²) >= 11 is 0. The van der Waals surface area contributed by atoms with Crippen molar-refractivity contribution in [2.45, 2.75) is 31.9 Å². The van der Waals surface area contributed by atoms with Crippen molar-refractivity contribution in [3.63, 3.8) is 0 Å². The molecule has 0 bridgehead atoms. The number of carbonyl (C=O) groups is 1. The zero-order valence-corrected chi connectivity index (χ0v) is 14.0. The molecule has 0 aromatic carbocycles. The number of ether oxygens (including phenoxy) is 1. The average Bonchev–Trinajstić information content (AvgIpc) is 3.05. The van der Waals surface area contributed by atoms with Crippen LogP contribution in [0.4, 0.5) is 13.2 Å². The normalized spacial score (nSPS) is 18.0. The van der Waals surface area contributed by atoms with Gasteiger partial charge in [0.15, 0.2) is 23.9 Å². The number of aryl methyl sites for hydroxylation is 1. The van der Waals surface area contributed by atoms with Crippen LogP contribution < -0.4 is 4.74 Å². The fourth-order valence-electron chi connectivity index (χ4n) is 2.82. The first-order valence-electron chi connectivity index (χ1n) is 8.07. The van der Waals surface area contributed by atoms with Gasteiger partial charge in [-0.2, -0.15) is 18.2 Å². The van der Waals surface area contributed by atoms with Crippen LogP contribution in [-0.2, 0) is 0 Å². The number of amides is 1. The van der Waals surface area contributed by atoms with Crippen LogP contribution in [0.15, 0.2) is 22.9 Å². The molecular weight excluding hydrogens is 353 g/mol. The summed E-state index contributed by atoms with van der Waals surface area (Å²) in [5.74, 6) is 0.178. The first-order chi connectivity index (χ1) is 12.3. The van der Waals surface area contributed by atoms with E-state index >= 15 is 0 Å². The quantitative estimate of drug-likeness (QED) is 0.823. The number of carbonyl (C=O) groups excluding carboxylic acids is 1. The molecule has 1 saturated heterocycles. The highest BCUT2D eigenvalue weighted by molar-refractivity contribution is 5.95. The van der Waals surface area contributed by atoms with Crippen molar-refractivity contribution >= 4 is 5.91 Å². The van der Waals surface area contributed by atoms with Gasteiger partial charge < -0.3 is 14.2 Å². The van der Waals surface area contributed by atoms with Crippen molar-refractivity contribution in [2.24, 2.45) is 0 Å². The fourth-order valence-corrected chi connectivity index (χ4v) is 2.82. The summed E-state index contributed by atoms with van der Waals surface area (Å²) in [6.45, 7) is 1.02. The summed E-state index contributed by atoms with van der Waals surface area (Å²) in [4.78, 5) is 22.4. The molecule has 26 heavy (non-hydrogen) atoms. The predicted molar refractivity (Wildman–Crippen MR) is 82.7 cm³/mol. The smallest absolute Gasteiger partial charge is 0.422 e. The minimum atomic E-state index is -4.50.